The van der Waals surface area contributed by atoms with E-state index in [0.717, 1.165) is 6.54 Å². The van der Waals surface area contributed by atoms with Gasteiger partial charge in [0.15, 0.2) is 0 Å². The van der Waals surface area contributed by atoms with E-state index in [1.807, 2.05) is 0 Å². The molecule has 1 heterocycles. The first-order valence-corrected chi connectivity index (χ1v) is 7.76. The Morgan fingerprint density at radius 2 is 1.89 bits per heavy atom. The number of unbranched alkanes of at least 4 members (excludes halogenated alkanes) is 5. The van der Waals surface area contributed by atoms with Gasteiger partial charge in [-0.3, -0.25) is 0 Å². The molecule has 1 aliphatic rings. The van der Waals surface area contributed by atoms with Gasteiger partial charge in [0.2, 0.25) is 0 Å². The van der Waals surface area contributed by atoms with Gasteiger partial charge >= 0.3 is 0 Å². The van der Waals surface area contributed by atoms with E-state index in [1.54, 1.807) is 0 Å². The van der Waals surface area contributed by atoms with Gasteiger partial charge in [0.05, 0.1) is 0 Å². The molecule has 0 saturated carbocycles. The van der Waals surface area contributed by atoms with Crippen LogP contribution in [0.2, 0.25) is 0 Å². The number of anilines is 1. The first kappa shape index (κ1) is 13.5. The second kappa shape index (κ2) is 7.45. The molecule has 0 bridgehead atoms. The fourth-order valence-corrected chi connectivity index (χ4v) is 2.77. The predicted octanol–water partition coefficient (Wildman–Crippen LogP) is 4.95. The van der Waals surface area contributed by atoms with Crippen LogP contribution in [0, 0.1) is 0 Å². The van der Waals surface area contributed by atoms with Crippen molar-refractivity contribution in [2.24, 2.45) is 0 Å². The maximum Gasteiger partial charge on any atom is 0.0375 e. The molecular weight excluding hydrogens is 218 g/mol. The number of hydrogen-bond donors (Lipinski definition) is 1. The third kappa shape index (κ3) is 4.04. The van der Waals surface area contributed by atoms with Gasteiger partial charge in [-0.25, -0.2) is 0 Å². The molecule has 100 valence electrons. The molecule has 0 aromatic heterocycles. The number of fused-ring (bicyclic) bond motifs is 1. The fourth-order valence-electron chi connectivity index (χ4n) is 2.77. The Kier molecular flexibility index (Phi) is 5.57. The van der Waals surface area contributed by atoms with Crippen LogP contribution >= 0.6 is 0 Å². The molecule has 18 heavy (non-hydrogen) atoms. The molecule has 0 saturated heterocycles. The van der Waals surface area contributed by atoms with E-state index in [4.69, 9.17) is 0 Å². The van der Waals surface area contributed by atoms with E-state index in [0.29, 0.717) is 0 Å². The van der Waals surface area contributed by atoms with Gasteiger partial charge in [-0.05, 0) is 42.9 Å². The lowest BCUT2D eigenvalue weighted by Gasteiger charge is -2.18. The fraction of sp³-hybridized carbons (Fsp3) is 0.647. The highest BCUT2D eigenvalue weighted by atomic mass is 14.9. The van der Waals surface area contributed by atoms with E-state index >= 15 is 0 Å². The molecule has 1 aliphatic heterocycles. The molecule has 0 spiro atoms. The zero-order valence-corrected chi connectivity index (χ0v) is 11.8. The Balaban J connectivity index is 1.72. The minimum atomic E-state index is 1.15. The largest absolute Gasteiger partial charge is 0.385 e. The van der Waals surface area contributed by atoms with Crippen LogP contribution in [0.1, 0.15) is 63.0 Å². The molecule has 0 aliphatic carbocycles. The van der Waals surface area contributed by atoms with E-state index in [1.165, 1.54) is 74.6 Å². The number of benzene rings is 1. The summed E-state index contributed by atoms with van der Waals surface area (Å²) in [6.45, 7) is 3.42. The third-order valence-corrected chi connectivity index (χ3v) is 3.93. The zero-order valence-electron chi connectivity index (χ0n) is 11.8. The van der Waals surface area contributed by atoms with E-state index in [2.05, 4.69) is 30.4 Å². The zero-order chi connectivity index (χ0) is 12.6. The van der Waals surface area contributed by atoms with E-state index in [9.17, 15) is 0 Å². The molecule has 0 amide bonds. The first-order valence-electron chi connectivity index (χ1n) is 7.76. The quantitative estimate of drug-likeness (QED) is 0.670. The van der Waals surface area contributed by atoms with Crippen molar-refractivity contribution >= 4 is 5.69 Å². The van der Waals surface area contributed by atoms with Gasteiger partial charge in [-0.2, -0.15) is 0 Å². The van der Waals surface area contributed by atoms with Crippen molar-refractivity contribution in [1.82, 2.24) is 0 Å². The summed E-state index contributed by atoms with van der Waals surface area (Å²) in [5.41, 5.74) is 4.41. The topological polar surface area (TPSA) is 12.0 Å². The summed E-state index contributed by atoms with van der Waals surface area (Å²) in [6.07, 6.45) is 12.1. The molecule has 0 radical (unpaired) electrons. The lowest BCUT2D eigenvalue weighted by molar-refractivity contribution is 0.607. The first-order chi connectivity index (χ1) is 8.90. The monoisotopic (exact) mass is 245 g/mol. The van der Waals surface area contributed by atoms with Gasteiger partial charge in [0, 0.05) is 12.2 Å². The van der Waals surface area contributed by atoms with Crippen molar-refractivity contribution in [3.8, 4) is 0 Å². The van der Waals surface area contributed by atoms with E-state index in [-0.39, 0.29) is 0 Å². The smallest absolute Gasteiger partial charge is 0.0375 e. The van der Waals surface area contributed by atoms with Gasteiger partial charge in [0.1, 0.15) is 0 Å². The minimum absolute atomic E-state index is 1.15. The van der Waals surface area contributed by atoms with Crippen molar-refractivity contribution < 1.29 is 0 Å². The molecule has 0 atom stereocenters. The molecule has 1 N–H and O–H groups in total. The minimum Gasteiger partial charge on any atom is -0.385 e. The lowest BCUT2D eigenvalue weighted by atomic mass is 9.98. The van der Waals surface area contributed by atoms with Crippen molar-refractivity contribution in [3.63, 3.8) is 0 Å². The Bertz CT molecular complexity index is 357. The average molecular weight is 245 g/mol. The van der Waals surface area contributed by atoms with Crippen LogP contribution in [0.3, 0.4) is 0 Å². The van der Waals surface area contributed by atoms with Gasteiger partial charge in [-0.1, -0.05) is 51.2 Å². The summed E-state index contributed by atoms with van der Waals surface area (Å²) < 4.78 is 0. The Morgan fingerprint density at radius 3 is 2.78 bits per heavy atom. The summed E-state index contributed by atoms with van der Waals surface area (Å²) in [4.78, 5) is 0. The Labute approximate surface area is 112 Å². The van der Waals surface area contributed by atoms with Crippen LogP contribution in [0.25, 0.3) is 0 Å². The summed E-state index contributed by atoms with van der Waals surface area (Å²) in [6, 6.07) is 7.03. The maximum atomic E-state index is 3.52. The second-order valence-electron chi connectivity index (χ2n) is 5.54. The highest BCUT2D eigenvalue weighted by Gasteiger charge is 2.08. The van der Waals surface area contributed by atoms with Crippen molar-refractivity contribution in [2.45, 2.75) is 64.7 Å². The number of aryl methyl sites for hydroxylation is 2. The number of rotatable bonds is 7. The van der Waals surface area contributed by atoms with Crippen LogP contribution in [0.4, 0.5) is 5.69 Å². The standard InChI is InChI=1S/C17H27N/c1-2-3-4-5-6-7-9-15-11-12-16-10-8-13-18-17(16)14-15/h11-12,14,18H,2-10,13H2,1H3. The van der Waals surface area contributed by atoms with Crippen molar-refractivity contribution in [3.05, 3.63) is 29.3 Å². The Hall–Kier alpha value is -0.980. The van der Waals surface area contributed by atoms with Gasteiger partial charge in [-0.15, -0.1) is 0 Å². The lowest BCUT2D eigenvalue weighted by Crippen LogP contribution is -2.11. The van der Waals surface area contributed by atoms with Gasteiger partial charge < -0.3 is 5.32 Å². The van der Waals surface area contributed by atoms with Crippen molar-refractivity contribution in [2.75, 3.05) is 11.9 Å². The van der Waals surface area contributed by atoms with Crippen LogP contribution in [-0.4, -0.2) is 6.54 Å². The predicted molar refractivity (Wildman–Crippen MR) is 80.3 cm³/mol. The molecule has 1 nitrogen and oxygen atoms in total. The van der Waals surface area contributed by atoms with Crippen LogP contribution in [0.15, 0.2) is 18.2 Å². The number of hydrogen-bond acceptors (Lipinski definition) is 1. The van der Waals surface area contributed by atoms with Crippen molar-refractivity contribution in [1.29, 1.82) is 0 Å². The van der Waals surface area contributed by atoms with Crippen LogP contribution < -0.4 is 5.32 Å². The summed E-state index contributed by atoms with van der Waals surface area (Å²) in [7, 11) is 0. The summed E-state index contributed by atoms with van der Waals surface area (Å²) in [5.74, 6) is 0. The molecule has 2 rings (SSSR count). The van der Waals surface area contributed by atoms with E-state index < -0.39 is 0 Å². The second-order valence-corrected chi connectivity index (χ2v) is 5.54. The number of nitrogens with one attached hydrogen (secondary N) is 1. The van der Waals surface area contributed by atoms with Crippen LogP contribution in [-0.2, 0) is 12.8 Å². The summed E-state index contributed by atoms with van der Waals surface area (Å²) >= 11 is 0. The third-order valence-electron chi connectivity index (χ3n) is 3.93. The molecule has 1 aromatic carbocycles. The molecule has 1 aromatic rings. The maximum absolute atomic E-state index is 3.52. The average Bonchev–Trinajstić information content (AvgIpc) is 2.42. The molecular formula is C17H27N. The molecule has 0 unspecified atom stereocenters. The highest BCUT2D eigenvalue weighted by molar-refractivity contribution is 5.54. The van der Waals surface area contributed by atoms with Gasteiger partial charge in [0.25, 0.3) is 0 Å². The summed E-state index contributed by atoms with van der Waals surface area (Å²) in [5, 5.41) is 3.52. The SMILES string of the molecule is CCCCCCCCc1ccc2c(c1)NCCC2. The highest BCUT2D eigenvalue weighted by Crippen LogP contribution is 2.24. The van der Waals surface area contributed by atoms with Crippen LogP contribution in [0.5, 0.6) is 0 Å². The molecule has 1 heteroatoms. The normalized spacial score (nSPS) is 14.1. The Morgan fingerprint density at radius 1 is 1.06 bits per heavy atom. The molecule has 0 fully saturated rings.